The third kappa shape index (κ3) is 9.10. The molecule has 14 heteroatoms. The highest BCUT2D eigenvalue weighted by atomic mass is 19.4. The summed E-state index contributed by atoms with van der Waals surface area (Å²) < 4.78 is 44.7. The van der Waals surface area contributed by atoms with Gasteiger partial charge >= 0.3 is 13.3 Å². The molecule has 0 aromatic heterocycles. The van der Waals surface area contributed by atoms with E-state index in [1.165, 1.54) is 12.1 Å². The van der Waals surface area contributed by atoms with Gasteiger partial charge in [0, 0.05) is 26.1 Å². The van der Waals surface area contributed by atoms with Gasteiger partial charge in [-0.1, -0.05) is 30.3 Å². The lowest BCUT2D eigenvalue weighted by molar-refractivity contribution is -0.137. The molecular weight excluding hydrogens is 566 g/mol. The predicted octanol–water partition coefficient (Wildman–Crippen LogP) is 0.255. The van der Waals surface area contributed by atoms with Crippen LogP contribution < -0.4 is 33.3 Å². The van der Waals surface area contributed by atoms with Crippen molar-refractivity contribution in [2.75, 3.05) is 19.6 Å². The third-order valence-electron chi connectivity index (χ3n) is 7.51. The summed E-state index contributed by atoms with van der Waals surface area (Å²) in [6.07, 6.45) is -4.12. The van der Waals surface area contributed by atoms with E-state index in [-0.39, 0.29) is 44.8 Å². The highest BCUT2D eigenvalue weighted by Crippen LogP contribution is 2.31. The number of ketones is 1. The van der Waals surface area contributed by atoms with E-state index in [1.54, 1.807) is 18.2 Å². The number of nitrogens with two attached hydrogens (primary N) is 3. The van der Waals surface area contributed by atoms with E-state index >= 15 is 0 Å². The van der Waals surface area contributed by atoms with Crippen molar-refractivity contribution < 1.29 is 37.2 Å². The van der Waals surface area contributed by atoms with Gasteiger partial charge in [-0.05, 0) is 67.4 Å². The average Bonchev–Trinajstić information content (AvgIpc) is 3.17. The van der Waals surface area contributed by atoms with Crippen molar-refractivity contribution in [3.63, 3.8) is 0 Å². The van der Waals surface area contributed by atoms with Crippen molar-refractivity contribution in [3.05, 3.63) is 64.7 Å². The highest BCUT2D eigenvalue weighted by molar-refractivity contribution is 6.62. The summed E-state index contributed by atoms with van der Waals surface area (Å²) >= 11 is 0. The second-order valence-corrected chi connectivity index (χ2v) is 11.2. The first-order valence-corrected chi connectivity index (χ1v) is 14.1. The molecule has 0 unspecified atom stereocenters. The third-order valence-corrected chi connectivity index (χ3v) is 7.51. The van der Waals surface area contributed by atoms with Crippen LogP contribution in [0.25, 0.3) is 0 Å². The van der Waals surface area contributed by atoms with Crippen molar-refractivity contribution in [2.24, 2.45) is 23.1 Å². The van der Waals surface area contributed by atoms with Crippen LogP contribution in [-0.2, 0) is 43.7 Å². The zero-order valence-corrected chi connectivity index (χ0v) is 24.2. The number of hydrogen-bond donors (Lipinski definition) is 6. The number of halogens is 3. The van der Waals surface area contributed by atoms with E-state index in [9.17, 15) is 32.6 Å². The van der Waals surface area contributed by atoms with Crippen LogP contribution in [0, 0.1) is 5.92 Å². The fourth-order valence-electron chi connectivity index (χ4n) is 4.91. The molecule has 0 spiro atoms. The Hall–Kier alpha value is -3.30. The Balaban J connectivity index is 1.70. The number of Topliss-reactive ketones (excluding diaryl/α,β-unsaturated/α-hetero) is 1. The minimum absolute atomic E-state index is 0.0608. The Kier molecular flexibility index (Phi) is 11.5. The van der Waals surface area contributed by atoms with Gasteiger partial charge in [-0.2, -0.15) is 13.2 Å². The van der Waals surface area contributed by atoms with Gasteiger partial charge in [0.15, 0.2) is 5.78 Å². The molecular formula is C29H39BF3N5O5. The van der Waals surface area contributed by atoms with E-state index < -0.39 is 54.2 Å². The lowest BCUT2D eigenvalue weighted by atomic mass is 9.77. The normalized spacial score (nSPS) is 15.6. The Labute approximate surface area is 249 Å². The van der Waals surface area contributed by atoms with Crippen LogP contribution in [0.3, 0.4) is 0 Å². The molecule has 1 aliphatic rings. The quantitative estimate of drug-likeness (QED) is 0.131. The van der Waals surface area contributed by atoms with Crippen molar-refractivity contribution in [1.82, 2.24) is 10.6 Å². The highest BCUT2D eigenvalue weighted by Gasteiger charge is 2.40. The van der Waals surface area contributed by atoms with Gasteiger partial charge in [-0.3, -0.25) is 14.4 Å². The van der Waals surface area contributed by atoms with E-state index in [0.717, 1.165) is 17.7 Å². The van der Waals surface area contributed by atoms with E-state index in [0.29, 0.717) is 23.0 Å². The molecule has 1 aliphatic heterocycles. The van der Waals surface area contributed by atoms with Gasteiger partial charge < -0.3 is 37.5 Å². The molecule has 0 radical (unpaired) electrons. The number of alkyl halides is 3. The van der Waals surface area contributed by atoms with Crippen molar-refractivity contribution in [1.29, 1.82) is 0 Å². The second kappa shape index (κ2) is 14.5. The van der Waals surface area contributed by atoms with Gasteiger partial charge in [0.2, 0.25) is 11.8 Å². The van der Waals surface area contributed by atoms with E-state index in [2.05, 4.69) is 10.6 Å². The maximum absolute atomic E-state index is 13.5. The number of nitrogens with one attached hydrogen (secondary N) is 2. The molecule has 234 valence electrons. The first-order valence-electron chi connectivity index (χ1n) is 14.1. The standard InChI is InChI=1S/C29H39BF3N5O5/c1-28(2)21-10-7-18(12-22(21)30(42)43-28)14-25(39)24(13-17-5-8-20(9-6-17)29(31,32)33)38-27(41)23(36)4-3-11-37-26(40)19(15-34)16-35/h5-10,12,19,23-24,42H,3-4,11,13-16,34-36H2,1-2H3,(H,37,40)(H,38,41)/t23-,24+/m0/s1. The first-order chi connectivity index (χ1) is 20.2. The number of carbonyl (C=O) groups excluding carboxylic acids is 3. The average molecular weight is 605 g/mol. The molecule has 2 aromatic rings. The largest absolute Gasteiger partial charge is 0.492 e. The summed E-state index contributed by atoms with van der Waals surface area (Å²) in [4.78, 5) is 38.5. The number of rotatable bonds is 14. The summed E-state index contributed by atoms with van der Waals surface area (Å²) in [5.41, 5.74) is 17.9. The molecule has 9 N–H and O–H groups in total. The maximum atomic E-state index is 13.5. The number of carbonyl (C=O) groups is 3. The van der Waals surface area contributed by atoms with Gasteiger partial charge in [0.05, 0.1) is 29.2 Å². The molecule has 0 fully saturated rings. The fourth-order valence-corrected chi connectivity index (χ4v) is 4.91. The first kappa shape index (κ1) is 34.2. The molecule has 3 rings (SSSR count). The van der Waals surface area contributed by atoms with Crippen LogP contribution in [0.5, 0.6) is 0 Å². The second-order valence-electron chi connectivity index (χ2n) is 11.2. The van der Waals surface area contributed by atoms with Crippen LogP contribution in [0.2, 0.25) is 0 Å². The Morgan fingerprint density at radius 1 is 1.02 bits per heavy atom. The van der Waals surface area contributed by atoms with Crippen molar-refractivity contribution in [2.45, 2.75) is 63.4 Å². The van der Waals surface area contributed by atoms with Crippen LogP contribution in [-0.4, -0.2) is 61.5 Å². The van der Waals surface area contributed by atoms with Crippen molar-refractivity contribution >= 4 is 30.2 Å². The van der Waals surface area contributed by atoms with Crippen LogP contribution >= 0.6 is 0 Å². The predicted molar refractivity (Wildman–Crippen MR) is 156 cm³/mol. The SMILES string of the molecule is CC1(C)OB(O)c2cc(CC(=O)[C@@H](Cc3ccc(C(F)(F)F)cc3)NC(=O)[C@@H](N)CCCNC(=O)C(CN)CN)ccc21. The van der Waals surface area contributed by atoms with Gasteiger partial charge in [0.25, 0.3) is 0 Å². The Morgan fingerprint density at radius 3 is 2.26 bits per heavy atom. The molecule has 2 aromatic carbocycles. The summed E-state index contributed by atoms with van der Waals surface area (Å²) in [7, 11) is -1.15. The molecule has 0 saturated carbocycles. The number of amides is 2. The van der Waals surface area contributed by atoms with Gasteiger partial charge in [-0.15, -0.1) is 0 Å². The minimum atomic E-state index is -4.51. The molecule has 1 heterocycles. The molecule has 0 saturated heterocycles. The summed E-state index contributed by atoms with van der Waals surface area (Å²) in [5.74, 6) is -1.81. The monoisotopic (exact) mass is 605 g/mol. The van der Waals surface area contributed by atoms with Crippen molar-refractivity contribution in [3.8, 4) is 0 Å². The van der Waals surface area contributed by atoms with Gasteiger partial charge in [-0.25, -0.2) is 0 Å². The van der Waals surface area contributed by atoms with Crippen LogP contribution in [0.1, 0.15) is 48.9 Å². The van der Waals surface area contributed by atoms with E-state index in [4.69, 9.17) is 21.9 Å². The molecule has 2 atom stereocenters. The fraction of sp³-hybridized carbons (Fsp3) is 0.483. The zero-order valence-electron chi connectivity index (χ0n) is 24.2. The minimum Gasteiger partial charge on any atom is -0.423 e. The molecule has 0 aliphatic carbocycles. The molecule has 10 nitrogen and oxygen atoms in total. The van der Waals surface area contributed by atoms with E-state index in [1.807, 2.05) is 13.8 Å². The molecule has 2 amide bonds. The van der Waals surface area contributed by atoms with Crippen LogP contribution in [0.15, 0.2) is 42.5 Å². The van der Waals surface area contributed by atoms with Crippen LogP contribution in [0.4, 0.5) is 13.2 Å². The summed E-state index contributed by atoms with van der Waals surface area (Å²) in [5, 5.41) is 15.7. The maximum Gasteiger partial charge on any atom is 0.492 e. The van der Waals surface area contributed by atoms with Gasteiger partial charge in [0.1, 0.15) is 0 Å². The lowest BCUT2D eigenvalue weighted by Gasteiger charge is -2.21. The lowest BCUT2D eigenvalue weighted by Crippen LogP contribution is -2.50. The summed E-state index contributed by atoms with van der Waals surface area (Å²) in [6.45, 7) is 4.09. The Morgan fingerprint density at radius 2 is 1.65 bits per heavy atom. The zero-order chi connectivity index (χ0) is 31.9. The number of benzene rings is 2. The molecule has 43 heavy (non-hydrogen) atoms. The number of hydrogen-bond acceptors (Lipinski definition) is 8. The number of fused-ring (bicyclic) bond motifs is 1. The Bertz CT molecular complexity index is 1290. The molecule has 0 bridgehead atoms. The smallest absolute Gasteiger partial charge is 0.423 e. The topological polar surface area (TPSA) is 183 Å². The summed E-state index contributed by atoms with van der Waals surface area (Å²) in [6, 6.07) is 7.45.